The van der Waals surface area contributed by atoms with Crippen molar-refractivity contribution in [3.63, 3.8) is 0 Å². The van der Waals surface area contributed by atoms with Gasteiger partial charge in [0.2, 0.25) is 0 Å². The van der Waals surface area contributed by atoms with Crippen molar-refractivity contribution in [1.29, 1.82) is 0 Å². The third-order valence-corrected chi connectivity index (χ3v) is 5.74. The normalized spacial score (nSPS) is 11.0. The molecule has 2 rings (SSSR count). The maximum Gasteiger partial charge on any atom is 0.0608 e. The summed E-state index contributed by atoms with van der Waals surface area (Å²) >= 11 is 10.6. The molecule has 0 bridgehead atoms. The molecule has 1 heterocycles. The first-order valence-corrected chi connectivity index (χ1v) is 7.26. The van der Waals surface area contributed by atoms with Gasteiger partial charge in [-0.25, -0.2) is 0 Å². The minimum Gasteiger partial charge on any atom is -0.129 e. The molecule has 13 heavy (non-hydrogen) atoms. The van der Waals surface area contributed by atoms with E-state index in [0.717, 1.165) is 8.95 Å². The second-order valence-corrected chi connectivity index (χ2v) is 6.47. The Morgan fingerprint density at radius 2 is 1.85 bits per heavy atom. The first kappa shape index (κ1) is 10.0. The van der Waals surface area contributed by atoms with Gasteiger partial charge < -0.3 is 0 Å². The van der Waals surface area contributed by atoms with E-state index in [0.29, 0.717) is 0 Å². The van der Waals surface area contributed by atoms with Crippen LogP contribution in [0.1, 0.15) is 0 Å². The summed E-state index contributed by atoms with van der Waals surface area (Å²) in [6.07, 6.45) is 2.11. The smallest absolute Gasteiger partial charge is 0.0608 e. The minimum atomic E-state index is 1.12. The highest BCUT2D eigenvalue weighted by atomic mass is 79.9. The summed E-state index contributed by atoms with van der Waals surface area (Å²) in [5.74, 6) is 0. The Bertz CT molecular complexity index is 409. The van der Waals surface area contributed by atoms with Crippen molar-refractivity contribution in [2.45, 2.75) is 4.21 Å². The number of rotatable bonds is 1. The predicted octanol–water partition coefficient (Wildman–Crippen LogP) is 5.15. The summed E-state index contributed by atoms with van der Waals surface area (Å²) in [5, 5.41) is 1.31. The third-order valence-electron chi connectivity index (χ3n) is 1.74. The van der Waals surface area contributed by atoms with Gasteiger partial charge in [-0.1, -0.05) is 0 Å². The number of fused-ring (bicyclic) bond motifs is 1. The molecule has 1 aromatic carbocycles. The van der Waals surface area contributed by atoms with Gasteiger partial charge in [-0.15, -0.1) is 23.1 Å². The maximum absolute atomic E-state index is 3.50. The largest absolute Gasteiger partial charge is 0.129 e. The maximum atomic E-state index is 3.50. The van der Waals surface area contributed by atoms with Crippen LogP contribution in [0.5, 0.6) is 0 Å². The van der Waals surface area contributed by atoms with Crippen LogP contribution in [0.3, 0.4) is 0 Å². The molecule has 0 spiro atoms. The van der Waals surface area contributed by atoms with Gasteiger partial charge in [-0.3, -0.25) is 0 Å². The molecule has 0 radical (unpaired) electrons. The molecule has 0 N–H and O–H groups in total. The van der Waals surface area contributed by atoms with Crippen molar-refractivity contribution in [2.75, 3.05) is 6.26 Å². The Kier molecular flexibility index (Phi) is 3.03. The zero-order chi connectivity index (χ0) is 9.42. The summed E-state index contributed by atoms with van der Waals surface area (Å²) in [6, 6.07) is 6.53. The molecule has 68 valence electrons. The number of benzene rings is 1. The van der Waals surface area contributed by atoms with Crippen molar-refractivity contribution in [1.82, 2.24) is 0 Å². The molecule has 0 aliphatic heterocycles. The molecule has 0 saturated heterocycles. The van der Waals surface area contributed by atoms with Gasteiger partial charge in [0.1, 0.15) is 0 Å². The minimum absolute atomic E-state index is 1.12. The average molecular weight is 338 g/mol. The first-order valence-electron chi connectivity index (χ1n) is 3.63. The number of thioether (sulfide) groups is 1. The van der Waals surface area contributed by atoms with Gasteiger partial charge in [-0.2, -0.15) is 0 Å². The highest BCUT2D eigenvalue weighted by molar-refractivity contribution is 9.13. The van der Waals surface area contributed by atoms with E-state index in [2.05, 4.69) is 56.3 Å². The van der Waals surface area contributed by atoms with Crippen LogP contribution in [0.2, 0.25) is 0 Å². The van der Waals surface area contributed by atoms with Gasteiger partial charge in [0, 0.05) is 13.6 Å². The van der Waals surface area contributed by atoms with E-state index in [1.54, 1.807) is 11.8 Å². The SMILES string of the molecule is CSc1cc2cc(Br)c(Br)cc2s1. The second-order valence-electron chi connectivity index (χ2n) is 2.57. The Morgan fingerprint density at radius 1 is 1.15 bits per heavy atom. The molecule has 2 aromatic rings. The summed E-state index contributed by atoms with van der Waals surface area (Å²) in [4.78, 5) is 0. The van der Waals surface area contributed by atoms with Gasteiger partial charge in [0.25, 0.3) is 0 Å². The Hall–Kier alpha value is 0.490. The summed E-state index contributed by atoms with van der Waals surface area (Å²) in [6.45, 7) is 0. The summed E-state index contributed by atoms with van der Waals surface area (Å²) in [5.41, 5.74) is 0. The zero-order valence-corrected chi connectivity index (χ0v) is 11.6. The van der Waals surface area contributed by atoms with Crippen LogP contribution >= 0.6 is 55.0 Å². The number of halogens is 2. The molecular formula is C9H6Br2S2. The molecular weight excluding hydrogens is 332 g/mol. The van der Waals surface area contributed by atoms with Crippen LogP contribution in [0.4, 0.5) is 0 Å². The van der Waals surface area contributed by atoms with Crippen LogP contribution in [-0.2, 0) is 0 Å². The molecule has 1 aromatic heterocycles. The van der Waals surface area contributed by atoms with Gasteiger partial charge >= 0.3 is 0 Å². The fourth-order valence-corrected chi connectivity index (χ4v) is 3.63. The fourth-order valence-electron chi connectivity index (χ4n) is 1.11. The molecule has 0 aliphatic carbocycles. The van der Waals surface area contributed by atoms with Crippen molar-refractivity contribution < 1.29 is 0 Å². The Morgan fingerprint density at radius 3 is 2.54 bits per heavy atom. The van der Waals surface area contributed by atoms with Crippen LogP contribution in [0, 0.1) is 0 Å². The van der Waals surface area contributed by atoms with E-state index in [1.807, 2.05) is 11.3 Å². The fraction of sp³-hybridized carbons (Fsp3) is 0.111. The van der Waals surface area contributed by atoms with E-state index >= 15 is 0 Å². The van der Waals surface area contributed by atoms with E-state index in [-0.39, 0.29) is 0 Å². The lowest BCUT2D eigenvalue weighted by molar-refractivity contribution is 1.67. The molecule has 0 atom stereocenters. The summed E-state index contributed by atoms with van der Waals surface area (Å²) < 4.78 is 4.93. The topological polar surface area (TPSA) is 0 Å². The zero-order valence-electron chi connectivity index (χ0n) is 6.80. The quantitative estimate of drug-likeness (QED) is 0.648. The number of hydrogen-bond acceptors (Lipinski definition) is 2. The van der Waals surface area contributed by atoms with Crippen molar-refractivity contribution in [3.05, 3.63) is 27.1 Å². The molecule has 0 nitrogen and oxygen atoms in total. The van der Waals surface area contributed by atoms with Crippen LogP contribution < -0.4 is 0 Å². The van der Waals surface area contributed by atoms with Crippen LogP contribution in [0.25, 0.3) is 10.1 Å². The lowest BCUT2D eigenvalue weighted by Gasteiger charge is -1.94. The third kappa shape index (κ3) is 1.96. The van der Waals surface area contributed by atoms with Gasteiger partial charge in [0.15, 0.2) is 0 Å². The predicted molar refractivity (Wildman–Crippen MR) is 69.0 cm³/mol. The van der Waals surface area contributed by atoms with Crippen molar-refractivity contribution in [3.8, 4) is 0 Å². The van der Waals surface area contributed by atoms with Crippen molar-refractivity contribution in [2.24, 2.45) is 0 Å². The summed E-state index contributed by atoms with van der Waals surface area (Å²) in [7, 11) is 0. The van der Waals surface area contributed by atoms with Crippen molar-refractivity contribution >= 4 is 65.0 Å². The number of thiophene rings is 1. The molecule has 0 amide bonds. The highest BCUT2D eigenvalue weighted by Gasteiger charge is 2.04. The first-order chi connectivity index (χ1) is 6.20. The van der Waals surface area contributed by atoms with E-state index in [1.165, 1.54) is 14.3 Å². The standard InChI is InChI=1S/C9H6Br2S2/c1-12-9-3-5-2-6(10)7(11)4-8(5)13-9/h2-4H,1H3. The molecule has 0 saturated carbocycles. The molecule has 0 unspecified atom stereocenters. The Labute approximate surface area is 102 Å². The molecule has 4 heteroatoms. The van der Waals surface area contributed by atoms with Crippen LogP contribution in [-0.4, -0.2) is 6.26 Å². The van der Waals surface area contributed by atoms with E-state index < -0.39 is 0 Å². The van der Waals surface area contributed by atoms with E-state index in [4.69, 9.17) is 0 Å². The highest BCUT2D eigenvalue weighted by Crippen LogP contribution is 2.36. The van der Waals surface area contributed by atoms with E-state index in [9.17, 15) is 0 Å². The Balaban J connectivity index is 2.70. The average Bonchev–Trinajstić information content (AvgIpc) is 2.48. The lowest BCUT2D eigenvalue weighted by Crippen LogP contribution is -1.67. The second kappa shape index (κ2) is 3.93. The van der Waals surface area contributed by atoms with Gasteiger partial charge in [0.05, 0.1) is 4.21 Å². The molecule has 0 aliphatic rings. The molecule has 0 fully saturated rings. The van der Waals surface area contributed by atoms with Gasteiger partial charge in [-0.05, 0) is 61.7 Å². The van der Waals surface area contributed by atoms with Crippen LogP contribution in [0.15, 0.2) is 31.4 Å². The monoisotopic (exact) mass is 336 g/mol. The number of hydrogen-bond donors (Lipinski definition) is 0. The lowest BCUT2D eigenvalue weighted by atomic mass is 10.3.